The fraction of sp³-hybridized carbons (Fsp3) is 1.00. The van der Waals surface area contributed by atoms with E-state index in [-0.39, 0.29) is 0 Å². The van der Waals surface area contributed by atoms with E-state index in [0.717, 1.165) is 3.67 Å². The van der Waals surface area contributed by atoms with Gasteiger partial charge in [0.05, 0.1) is 0 Å². The van der Waals surface area contributed by atoms with Gasteiger partial charge in [-0.05, 0) is 0 Å². The third-order valence-electron chi connectivity index (χ3n) is 1.33. The van der Waals surface area contributed by atoms with Gasteiger partial charge in [-0.1, -0.05) is 0 Å². The molecule has 0 saturated heterocycles. The summed E-state index contributed by atoms with van der Waals surface area (Å²) in [5.41, 5.74) is 0. The molecule has 0 nitrogen and oxygen atoms in total. The average Bonchev–Trinajstić information content (AvgIpc) is 1.36. The van der Waals surface area contributed by atoms with Crippen LogP contribution < -0.4 is 0 Å². The molecule has 0 unspecified atom stereocenters. The van der Waals surface area contributed by atoms with E-state index in [1.807, 2.05) is 0 Å². The van der Waals surface area contributed by atoms with Crippen molar-refractivity contribution in [3.05, 3.63) is 0 Å². The normalized spacial score (nSPS) is 9.50. The van der Waals surface area contributed by atoms with E-state index in [9.17, 15) is 0 Å². The summed E-state index contributed by atoms with van der Waals surface area (Å²) in [7, 11) is 0. The summed E-state index contributed by atoms with van der Waals surface area (Å²) in [6.07, 6.45) is 0. The SMILES string of the molecule is C[CH](C)[In]([CH3])[CH3]. The molecular formula is C5H13In. The Morgan fingerprint density at radius 1 is 1.17 bits per heavy atom. The van der Waals surface area contributed by atoms with Crippen molar-refractivity contribution in [3.63, 3.8) is 0 Å². The van der Waals surface area contributed by atoms with Crippen LogP contribution >= 0.6 is 0 Å². The van der Waals surface area contributed by atoms with Gasteiger partial charge < -0.3 is 0 Å². The molecule has 6 heavy (non-hydrogen) atoms. The molecule has 0 aromatic heterocycles. The summed E-state index contributed by atoms with van der Waals surface area (Å²) >= 11 is -0.805. The van der Waals surface area contributed by atoms with Crippen LogP contribution in [-0.2, 0) is 0 Å². The molecule has 1 heteroatoms. The van der Waals surface area contributed by atoms with E-state index in [0.29, 0.717) is 0 Å². The van der Waals surface area contributed by atoms with Gasteiger partial charge >= 0.3 is 48.3 Å². The van der Waals surface area contributed by atoms with Crippen molar-refractivity contribution in [2.24, 2.45) is 0 Å². The van der Waals surface area contributed by atoms with Crippen LogP contribution in [0.1, 0.15) is 13.8 Å². The van der Waals surface area contributed by atoms with Crippen LogP contribution in [0.2, 0.25) is 13.0 Å². The molecule has 0 rings (SSSR count). The Kier molecular flexibility index (Phi) is 3.38. The van der Waals surface area contributed by atoms with Gasteiger partial charge in [0.25, 0.3) is 0 Å². The van der Waals surface area contributed by atoms with Gasteiger partial charge in [-0.25, -0.2) is 0 Å². The van der Waals surface area contributed by atoms with Crippen LogP contribution in [0.15, 0.2) is 0 Å². The van der Waals surface area contributed by atoms with Crippen molar-refractivity contribution in [2.45, 2.75) is 26.9 Å². The molecule has 0 aromatic carbocycles. The van der Waals surface area contributed by atoms with E-state index in [1.54, 1.807) is 0 Å². The van der Waals surface area contributed by atoms with Crippen molar-refractivity contribution < 1.29 is 0 Å². The van der Waals surface area contributed by atoms with Crippen LogP contribution in [0.4, 0.5) is 0 Å². The average molecular weight is 188 g/mol. The Bertz CT molecular complexity index is 24.9. The van der Waals surface area contributed by atoms with E-state index in [1.165, 1.54) is 0 Å². The molecule has 0 N–H and O–H groups in total. The maximum absolute atomic E-state index is 2.45. The summed E-state index contributed by atoms with van der Waals surface area (Å²) in [6, 6.07) is 0. The quantitative estimate of drug-likeness (QED) is 0.591. The Morgan fingerprint density at radius 2 is 1.33 bits per heavy atom. The summed E-state index contributed by atoms with van der Waals surface area (Å²) in [5.74, 6) is 0. The zero-order valence-electron chi connectivity index (χ0n) is 5.15. The van der Waals surface area contributed by atoms with Gasteiger partial charge in [-0.2, -0.15) is 0 Å². The molecule has 0 heterocycles. The number of rotatable bonds is 1. The minimum absolute atomic E-state index is 0.805. The van der Waals surface area contributed by atoms with Crippen LogP contribution in [-0.4, -0.2) is 21.4 Å². The summed E-state index contributed by atoms with van der Waals surface area (Å²) < 4.78 is 5.96. The van der Waals surface area contributed by atoms with Gasteiger partial charge in [0, 0.05) is 0 Å². The van der Waals surface area contributed by atoms with E-state index in [4.69, 9.17) is 0 Å². The molecule has 0 aromatic rings. The van der Waals surface area contributed by atoms with Crippen molar-refractivity contribution >= 4 is 21.4 Å². The first-order valence-corrected chi connectivity index (χ1v) is 11.1. The monoisotopic (exact) mass is 188 g/mol. The van der Waals surface area contributed by atoms with Crippen LogP contribution in [0, 0.1) is 0 Å². The van der Waals surface area contributed by atoms with Gasteiger partial charge in [-0.3, -0.25) is 0 Å². The van der Waals surface area contributed by atoms with Crippen molar-refractivity contribution in [3.8, 4) is 0 Å². The summed E-state index contributed by atoms with van der Waals surface area (Å²) in [6.45, 7) is 4.67. The standard InChI is InChI=1S/C3H7.2CH3.In/c1-3-2;;;/h3H,1-2H3;2*1H3;. The molecule has 0 radical (unpaired) electrons. The molecule has 0 saturated carbocycles. The zero-order valence-corrected chi connectivity index (χ0v) is 8.45. The number of hydrogen-bond donors (Lipinski definition) is 0. The van der Waals surface area contributed by atoms with E-state index in [2.05, 4.69) is 23.2 Å². The topological polar surface area (TPSA) is 0 Å². The predicted octanol–water partition coefficient (Wildman–Crippen LogP) is 2.15. The molecule has 0 spiro atoms. The van der Waals surface area contributed by atoms with Crippen molar-refractivity contribution in [2.75, 3.05) is 0 Å². The molecule has 0 fully saturated rings. The molecule has 0 bridgehead atoms. The Balaban J connectivity index is 2.99. The molecule has 0 amide bonds. The van der Waals surface area contributed by atoms with E-state index < -0.39 is 21.4 Å². The second-order valence-corrected chi connectivity index (χ2v) is 13.4. The molecule has 36 valence electrons. The van der Waals surface area contributed by atoms with Gasteiger partial charge in [-0.15, -0.1) is 0 Å². The van der Waals surface area contributed by atoms with Crippen LogP contribution in [0.3, 0.4) is 0 Å². The van der Waals surface area contributed by atoms with Crippen molar-refractivity contribution in [1.82, 2.24) is 0 Å². The first-order chi connectivity index (χ1) is 2.64. The molecule has 0 aliphatic carbocycles. The van der Waals surface area contributed by atoms with Gasteiger partial charge in [0.15, 0.2) is 0 Å². The second kappa shape index (κ2) is 2.95. The fourth-order valence-electron chi connectivity index (χ4n) is 0. The molecular weight excluding hydrogens is 175 g/mol. The molecule has 0 aliphatic heterocycles. The van der Waals surface area contributed by atoms with Gasteiger partial charge in [0.1, 0.15) is 0 Å². The second-order valence-electron chi connectivity index (χ2n) is 2.49. The van der Waals surface area contributed by atoms with Crippen LogP contribution in [0.5, 0.6) is 0 Å². The predicted molar refractivity (Wildman–Crippen MR) is 32.6 cm³/mol. The Labute approximate surface area is 48.5 Å². The maximum atomic E-state index is 2.45. The summed E-state index contributed by atoms with van der Waals surface area (Å²) in [4.78, 5) is 0. The van der Waals surface area contributed by atoms with Crippen molar-refractivity contribution in [1.29, 1.82) is 0 Å². The van der Waals surface area contributed by atoms with Crippen LogP contribution in [0.25, 0.3) is 0 Å². The third kappa shape index (κ3) is 3.08. The summed E-state index contributed by atoms with van der Waals surface area (Å²) in [5, 5.41) is 0. The number of hydrogen-bond acceptors (Lipinski definition) is 0. The molecule has 0 atom stereocenters. The fourth-order valence-corrected chi connectivity index (χ4v) is 0. The third-order valence-corrected chi connectivity index (χ3v) is 8.94. The first kappa shape index (κ1) is 6.87. The Hall–Kier alpha value is 0.870. The first-order valence-electron chi connectivity index (χ1n) is 2.64. The molecule has 0 aliphatic rings. The zero-order chi connectivity index (χ0) is 5.15. The van der Waals surface area contributed by atoms with E-state index >= 15 is 0 Å². The van der Waals surface area contributed by atoms with Gasteiger partial charge in [0.2, 0.25) is 0 Å². The Morgan fingerprint density at radius 3 is 1.33 bits per heavy atom. The minimum atomic E-state index is -0.805.